The van der Waals surface area contributed by atoms with Crippen LogP contribution in [0, 0.1) is 0 Å². The SMILES string of the molecule is c1ccc(-c2ccccc2N(c2ccc(-c3ccc(-c4cccc5ccccc45)cc3)cc2)c2ccccc2-c2cccc3oc4ccccc4c23)c(-c2ccc3ccccc3c2)c1. The molecule has 0 aliphatic carbocycles. The molecule has 0 radical (unpaired) electrons. The number of hydrogen-bond acceptors (Lipinski definition) is 2. The Morgan fingerprint density at radius 2 is 0.750 bits per heavy atom. The van der Waals surface area contributed by atoms with Crippen LogP contribution in [-0.4, -0.2) is 0 Å². The van der Waals surface area contributed by atoms with Crippen molar-refractivity contribution in [2.45, 2.75) is 0 Å². The molecule has 0 aliphatic heterocycles. The van der Waals surface area contributed by atoms with Gasteiger partial charge < -0.3 is 9.32 Å². The van der Waals surface area contributed by atoms with Gasteiger partial charge in [0.05, 0.1) is 11.4 Å². The molecule has 0 fully saturated rings. The summed E-state index contributed by atoms with van der Waals surface area (Å²) in [6.45, 7) is 0. The minimum absolute atomic E-state index is 0.876. The van der Waals surface area contributed by atoms with Crippen molar-refractivity contribution in [3.05, 3.63) is 249 Å². The molecule has 0 amide bonds. The fourth-order valence-electron chi connectivity index (χ4n) is 9.65. The molecule has 11 aromatic carbocycles. The topological polar surface area (TPSA) is 16.4 Å². The number of nitrogens with zero attached hydrogens (tertiary/aromatic N) is 1. The second-order valence-corrected chi connectivity index (χ2v) is 16.4. The third-order valence-corrected chi connectivity index (χ3v) is 12.7. The van der Waals surface area contributed by atoms with Crippen LogP contribution in [0.15, 0.2) is 253 Å². The predicted molar refractivity (Wildman–Crippen MR) is 271 cm³/mol. The van der Waals surface area contributed by atoms with E-state index in [1.54, 1.807) is 0 Å². The molecule has 1 heterocycles. The second kappa shape index (κ2) is 15.8. The van der Waals surface area contributed by atoms with E-state index in [2.05, 4.69) is 248 Å². The van der Waals surface area contributed by atoms with Crippen LogP contribution in [0.5, 0.6) is 0 Å². The Morgan fingerprint density at radius 3 is 1.52 bits per heavy atom. The molecule has 2 heteroatoms. The van der Waals surface area contributed by atoms with Crippen LogP contribution in [0.3, 0.4) is 0 Å². The van der Waals surface area contributed by atoms with Gasteiger partial charge in [-0.2, -0.15) is 0 Å². The Hall–Kier alpha value is -8.46. The molecule has 12 rings (SSSR count). The maximum absolute atomic E-state index is 6.44. The lowest BCUT2D eigenvalue weighted by Crippen LogP contribution is -2.12. The zero-order chi connectivity index (χ0) is 42.4. The highest BCUT2D eigenvalue weighted by molar-refractivity contribution is 6.14. The van der Waals surface area contributed by atoms with Crippen molar-refractivity contribution in [2.75, 3.05) is 4.90 Å². The van der Waals surface area contributed by atoms with Crippen molar-refractivity contribution in [2.24, 2.45) is 0 Å². The van der Waals surface area contributed by atoms with Gasteiger partial charge in [0.15, 0.2) is 0 Å². The zero-order valence-electron chi connectivity index (χ0n) is 35.0. The molecule has 0 spiro atoms. The number of hydrogen-bond donors (Lipinski definition) is 0. The number of para-hydroxylation sites is 3. The minimum Gasteiger partial charge on any atom is -0.456 e. The van der Waals surface area contributed by atoms with Gasteiger partial charge in [-0.15, -0.1) is 0 Å². The van der Waals surface area contributed by atoms with Crippen LogP contribution in [0.2, 0.25) is 0 Å². The average Bonchev–Trinajstić information content (AvgIpc) is 3.76. The molecule has 2 nitrogen and oxygen atoms in total. The summed E-state index contributed by atoms with van der Waals surface area (Å²) < 4.78 is 6.44. The predicted octanol–water partition coefficient (Wildman–Crippen LogP) is 17.7. The minimum atomic E-state index is 0.876. The second-order valence-electron chi connectivity index (χ2n) is 16.4. The van der Waals surface area contributed by atoms with E-state index in [0.717, 1.165) is 61.3 Å². The highest BCUT2D eigenvalue weighted by atomic mass is 16.3. The third kappa shape index (κ3) is 6.52. The van der Waals surface area contributed by atoms with Gasteiger partial charge in [0.1, 0.15) is 11.2 Å². The number of furan rings is 1. The molecule has 0 N–H and O–H groups in total. The van der Waals surface area contributed by atoms with Crippen molar-refractivity contribution in [1.29, 1.82) is 0 Å². The maximum atomic E-state index is 6.44. The van der Waals surface area contributed by atoms with Gasteiger partial charge in [-0.3, -0.25) is 0 Å². The van der Waals surface area contributed by atoms with Gasteiger partial charge in [-0.25, -0.2) is 0 Å². The summed E-state index contributed by atoms with van der Waals surface area (Å²) in [7, 11) is 0. The summed E-state index contributed by atoms with van der Waals surface area (Å²) in [5.41, 5.74) is 16.7. The molecule has 1 aromatic heterocycles. The van der Waals surface area contributed by atoms with Gasteiger partial charge in [0.25, 0.3) is 0 Å². The molecule has 0 saturated heterocycles. The summed E-state index contributed by atoms with van der Waals surface area (Å²) in [5.74, 6) is 0. The monoisotopic (exact) mass is 815 g/mol. The Morgan fingerprint density at radius 1 is 0.266 bits per heavy atom. The molecule has 0 aliphatic rings. The van der Waals surface area contributed by atoms with Crippen molar-refractivity contribution in [1.82, 2.24) is 0 Å². The molecule has 0 saturated carbocycles. The highest BCUT2D eigenvalue weighted by Gasteiger charge is 2.23. The van der Waals surface area contributed by atoms with Crippen molar-refractivity contribution >= 4 is 60.5 Å². The van der Waals surface area contributed by atoms with E-state index in [9.17, 15) is 0 Å². The lowest BCUT2D eigenvalue weighted by Gasteiger charge is -2.30. The van der Waals surface area contributed by atoms with Crippen LogP contribution >= 0.6 is 0 Å². The molecule has 12 aromatic rings. The van der Waals surface area contributed by atoms with E-state index in [0.29, 0.717) is 0 Å². The largest absolute Gasteiger partial charge is 0.456 e. The first-order valence-corrected chi connectivity index (χ1v) is 21.9. The molecule has 0 unspecified atom stereocenters. The highest BCUT2D eigenvalue weighted by Crippen LogP contribution is 2.48. The Bertz CT molecular complexity index is 3670. The van der Waals surface area contributed by atoms with E-state index < -0.39 is 0 Å². The van der Waals surface area contributed by atoms with E-state index in [-0.39, 0.29) is 0 Å². The van der Waals surface area contributed by atoms with Crippen LogP contribution in [0.25, 0.3) is 99.1 Å². The number of benzene rings is 11. The van der Waals surface area contributed by atoms with Crippen LogP contribution < -0.4 is 4.90 Å². The van der Waals surface area contributed by atoms with E-state index in [4.69, 9.17) is 4.42 Å². The van der Waals surface area contributed by atoms with Crippen molar-refractivity contribution in [3.63, 3.8) is 0 Å². The van der Waals surface area contributed by atoms with Gasteiger partial charge in [-0.1, -0.05) is 206 Å². The fraction of sp³-hybridized carbons (Fsp3) is 0. The first kappa shape index (κ1) is 37.3. The molecular formula is C62H41NO. The van der Waals surface area contributed by atoms with Gasteiger partial charge in [-0.05, 0) is 109 Å². The number of rotatable bonds is 8. The van der Waals surface area contributed by atoms with Gasteiger partial charge in [0, 0.05) is 27.6 Å². The summed E-state index contributed by atoms with van der Waals surface area (Å²) in [6, 6.07) is 89.8. The molecule has 64 heavy (non-hydrogen) atoms. The Kier molecular flexibility index (Phi) is 9.20. The molecule has 0 atom stereocenters. The van der Waals surface area contributed by atoms with E-state index >= 15 is 0 Å². The zero-order valence-corrected chi connectivity index (χ0v) is 35.0. The smallest absolute Gasteiger partial charge is 0.136 e. The average molecular weight is 816 g/mol. The van der Waals surface area contributed by atoms with Gasteiger partial charge >= 0.3 is 0 Å². The van der Waals surface area contributed by atoms with Crippen molar-refractivity contribution in [3.8, 4) is 55.6 Å². The summed E-state index contributed by atoms with van der Waals surface area (Å²) in [4.78, 5) is 2.44. The van der Waals surface area contributed by atoms with E-state index in [1.807, 2.05) is 6.07 Å². The van der Waals surface area contributed by atoms with Gasteiger partial charge in [0.2, 0.25) is 0 Å². The number of fused-ring (bicyclic) bond motifs is 5. The quantitative estimate of drug-likeness (QED) is 0.152. The summed E-state index contributed by atoms with van der Waals surface area (Å²) >= 11 is 0. The normalized spacial score (nSPS) is 11.4. The van der Waals surface area contributed by atoms with Crippen molar-refractivity contribution < 1.29 is 4.42 Å². The fourth-order valence-corrected chi connectivity index (χ4v) is 9.65. The van der Waals surface area contributed by atoms with Crippen LogP contribution in [-0.2, 0) is 0 Å². The van der Waals surface area contributed by atoms with Crippen LogP contribution in [0.4, 0.5) is 17.1 Å². The lowest BCUT2D eigenvalue weighted by molar-refractivity contribution is 0.669. The standard InChI is InChI=1S/C62H41NO/c1-2-17-47-41-48(36-33-42(47)15-1)52-20-5-6-21-53(52)54-22-7-10-27-58(54)63(59-28-11-8-23-55(59)56-26-14-30-61-62(56)57-24-9-12-29-60(57)64-61)49-39-37-44(38-40-49)43-31-34-46(35-32-43)51-25-13-18-45-16-3-4-19-50(45)51/h1-41H. The maximum Gasteiger partial charge on any atom is 0.136 e. The first-order chi connectivity index (χ1) is 31.7. The lowest BCUT2D eigenvalue weighted by atomic mass is 9.91. The molecular weight excluding hydrogens is 775 g/mol. The van der Waals surface area contributed by atoms with Crippen LogP contribution in [0.1, 0.15) is 0 Å². The third-order valence-electron chi connectivity index (χ3n) is 12.7. The Labute approximate surface area is 372 Å². The summed E-state index contributed by atoms with van der Waals surface area (Å²) in [6.07, 6.45) is 0. The molecule has 300 valence electrons. The first-order valence-electron chi connectivity index (χ1n) is 21.9. The Balaban J connectivity index is 1.02. The molecule has 0 bridgehead atoms. The number of anilines is 3. The van der Waals surface area contributed by atoms with E-state index in [1.165, 1.54) is 54.9 Å². The summed E-state index contributed by atoms with van der Waals surface area (Å²) in [5, 5.41) is 7.19.